The number of nitrogens with zero attached hydrogens (tertiary/aromatic N) is 3. The first-order valence-corrected chi connectivity index (χ1v) is 7.07. The molecule has 1 aromatic heterocycles. The number of hydrogen-bond acceptors (Lipinski definition) is 4. The van der Waals surface area contributed by atoms with Crippen molar-refractivity contribution in [3.05, 3.63) is 11.8 Å². The van der Waals surface area contributed by atoms with E-state index in [9.17, 15) is 13.2 Å². The second kappa shape index (κ2) is 6.42. The molecule has 116 valence electrons. The predicted molar refractivity (Wildman–Crippen MR) is 78.4 cm³/mol. The van der Waals surface area contributed by atoms with E-state index in [-0.39, 0.29) is 16.9 Å². The van der Waals surface area contributed by atoms with Gasteiger partial charge >= 0.3 is 6.18 Å². The highest BCUT2D eigenvalue weighted by atomic mass is 32.1. The summed E-state index contributed by atoms with van der Waals surface area (Å²) in [5.41, 5.74) is -0.971. The average Bonchev–Trinajstić information content (AvgIpc) is 2.91. The summed E-state index contributed by atoms with van der Waals surface area (Å²) in [4.78, 5) is 9.44. The lowest BCUT2D eigenvalue weighted by Gasteiger charge is -2.19. The van der Waals surface area contributed by atoms with Gasteiger partial charge in [0, 0.05) is 25.7 Å². The van der Waals surface area contributed by atoms with Crippen LogP contribution in [0.3, 0.4) is 0 Å². The second-order valence-electron chi connectivity index (χ2n) is 4.61. The highest BCUT2D eigenvalue weighted by Crippen LogP contribution is 2.31. The molecule has 2 rings (SSSR count). The Kier molecular flexibility index (Phi) is 4.81. The van der Waals surface area contributed by atoms with E-state index in [1.807, 2.05) is 11.8 Å². The van der Waals surface area contributed by atoms with Crippen LogP contribution >= 0.6 is 12.2 Å². The normalized spacial score (nSPS) is 15.1. The summed E-state index contributed by atoms with van der Waals surface area (Å²) in [6, 6.07) is 0.979. The quantitative estimate of drug-likeness (QED) is 0.835. The van der Waals surface area contributed by atoms with Crippen LogP contribution in [0.5, 0.6) is 0 Å². The topological polar surface area (TPSA) is 53.1 Å². The smallest absolute Gasteiger partial charge is 0.363 e. The molecule has 2 N–H and O–H groups in total. The molecule has 21 heavy (non-hydrogen) atoms. The molecule has 2 heterocycles. The third-order valence-electron chi connectivity index (χ3n) is 3.00. The monoisotopic (exact) mass is 319 g/mol. The zero-order chi connectivity index (χ0) is 15.5. The summed E-state index contributed by atoms with van der Waals surface area (Å²) in [6.07, 6.45) is -2.62. The van der Waals surface area contributed by atoms with Crippen molar-refractivity contribution in [2.75, 3.05) is 29.9 Å². The van der Waals surface area contributed by atoms with E-state index in [0.29, 0.717) is 19.6 Å². The van der Waals surface area contributed by atoms with E-state index < -0.39 is 11.9 Å². The lowest BCUT2D eigenvalue weighted by Crippen LogP contribution is -2.30. The molecule has 0 saturated carbocycles. The fraction of sp³-hybridized carbons (Fsp3) is 0.583. The minimum absolute atomic E-state index is 0.141. The van der Waals surface area contributed by atoms with Gasteiger partial charge in [-0.25, -0.2) is 4.98 Å². The Morgan fingerprint density at radius 2 is 2.00 bits per heavy atom. The van der Waals surface area contributed by atoms with Crippen molar-refractivity contribution in [3.8, 4) is 0 Å². The SMILES string of the molecule is CCNC(=S)Nc1nc(N2CCCC2)cc(C(F)(F)F)n1. The van der Waals surface area contributed by atoms with Gasteiger partial charge in [0.2, 0.25) is 5.95 Å². The fourth-order valence-corrected chi connectivity index (χ4v) is 2.29. The largest absolute Gasteiger partial charge is 0.433 e. The molecule has 0 radical (unpaired) electrons. The Balaban J connectivity index is 2.30. The summed E-state index contributed by atoms with van der Waals surface area (Å²) in [6.45, 7) is 3.79. The second-order valence-corrected chi connectivity index (χ2v) is 5.02. The van der Waals surface area contributed by atoms with Crippen LogP contribution in [0.15, 0.2) is 6.07 Å². The van der Waals surface area contributed by atoms with Crippen molar-refractivity contribution >= 4 is 29.1 Å². The number of anilines is 2. The number of rotatable bonds is 3. The third-order valence-corrected chi connectivity index (χ3v) is 3.24. The number of thiocarbonyl (C=S) groups is 1. The molecule has 1 aliphatic heterocycles. The molecule has 0 amide bonds. The Morgan fingerprint density at radius 1 is 1.33 bits per heavy atom. The van der Waals surface area contributed by atoms with Crippen LogP contribution in [0.1, 0.15) is 25.5 Å². The Bertz CT molecular complexity index is 514. The zero-order valence-corrected chi connectivity index (χ0v) is 12.3. The van der Waals surface area contributed by atoms with E-state index in [2.05, 4.69) is 20.6 Å². The molecule has 0 bridgehead atoms. The minimum Gasteiger partial charge on any atom is -0.363 e. The van der Waals surface area contributed by atoms with Crippen molar-refractivity contribution in [1.82, 2.24) is 15.3 Å². The molecule has 0 spiro atoms. The van der Waals surface area contributed by atoms with Gasteiger partial charge in [-0.3, -0.25) is 0 Å². The number of hydrogen-bond donors (Lipinski definition) is 2. The minimum atomic E-state index is -4.52. The molecule has 0 aliphatic carbocycles. The summed E-state index contributed by atoms with van der Waals surface area (Å²) < 4.78 is 38.8. The van der Waals surface area contributed by atoms with Crippen molar-refractivity contribution < 1.29 is 13.2 Å². The molecule has 1 aromatic rings. The molecule has 5 nitrogen and oxygen atoms in total. The Labute approximate surface area is 125 Å². The van der Waals surface area contributed by atoms with Crippen LogP contribution < -0.4 is 15.5 Å². The van der Waals surface area contributed by atoms with Gasteiger partial charge in [0.1, 0.15) is 5.82 Å². The molecule has 9 heteroatoms. The average molecular weight is 319 g/mol. The first-order chi connectivity index (χ1) is 9.90. The maximum absolute atomic E-state index is 12.9. The van der Waals surface area contributed by atoms with Crippen molar-refractivity contribution in [1.29, 1.82) is 0 Å². The molecule has 1 aliphatic rings. The van der Waals surface area contributed by atoms with Gasteiger partial charge in [-0.15, -0.1) is 0 Å². The number of halogens is 3. The van der Waals surface area contributed by atoms with Gasteiger partial charge in [0.15, 0.2) is 10.8 Å². The van der Waals surface area contributed by atoms with Gasteiger partial charge < -0.3 is 15.5 Å². The maximum Gasteiger partial charge on any atom is 0.433 e. The Morgan fingerprint density at radius 3 is 2.57 bits per heavy atom. The molecular weight excluding hydrogens is 303 g/mol. The van der Waals surface area contributed by atoms with Crippen LogP contribution in [-0.2, 0) is 6.18 Å². The van der Waals surface area contributed by atoms with Crippen LogP contribution in [0.2, 0.25) is 0 Å². The van der Waals surface area contributed by atoms with Crippen LogP contribution in [0.25, 0.3) is 0 Å². The Hall–Kier alpha value is -1.64. The standard InChI is InChI=1S/C12H16F3N5S/c1-2-16-11(21)19-10-17-8(12(13,14)15)7-9(18-10)20-5-3-4-6-20/h7H,2-6H2,1H3,(H2,16,17,18,19,21). The van der Waals surface area contributed by atoms with Gasteiger partial charge in [-0.2, -0.15) is 18.2 Å². The zero-order valence-electron chi connectivity index (χ0n) is 11.5. The van der Waals surface area contributed by atoms with E-state index in [0.717, 1.165) is 18.9 Å². The van der Waals surface area contributed by atoms with Gasteiger partial charge in [0.25, 0.3) is 0 Å². The first-order valence-electron chi connectivity index (χ1n) is 6.66. The van der Waals surface area contributed by atoms with E-state index in [1.165, 1.54) is 0 Å². The van der Waals surface area contributed by atoms with Crippen molar-refractivity contribution in [2.24, 2.45) is 0 Å². The van der Waals surface area contributed by atoms with Crippen molar-refractivity contribution in [2.45, 2.75) is 25.9 Å². The fourth-order valence-electron chi connectivity index (χ4n) is 2.05. The van der Waals surface area contributed by atoms with Gasteiger partial charge in [-0.1, -0.05) is 0 Å². The molecule has 0 unspecified atom stereocenters. The first kappa shape index (κ1) is 15.7. The lowest BCUT2D eigenvalue weighted by atomic mass is 10.3. The number of aromatic nitrogens is 2. The summed E-state index contributed by atoms with van der Waals surface area (Å²) in [5, 5.41) is 5.58. The summed E-state index contributed by atoms with van der Waals surface area (Å²) in [7, 11) is 0. The highest BCUT2D eigenvalue weighted by Gasteiger charge is 2.34. The molecule has 1 fully saturated rings. The van der Waals surface area contributed by atoms with Gasteiger partial charge in [-0.05, 0) is 32.0 Å². The number of alkyl halides is 3. The third kappa shape index (κ3) is 4.16. The summed E-state index contributed by atoms with van der Waals surface area (Å²) in [5.74, 6) is 0.134. The van der Waals surface area contributed by atoms with E-state index in [4.69, 9.17) is 12.2 Å². The molecule has 0 atom stereocenters. The van der Waals surface area contributed by atoms with E-state index >= 15 is 0 Å². The molecule has 0 aromatic carbocycles. The molecular formula is C12H16F3N5S. The molecule has 1 saturated heterocycles. The van der Waals surface area contributed by atoms with Crippen LogP contribution in [0.4, 0.5) is 24.9 Å². The highest BCUT2D eigenvalue weighted by molar-refractivity contribution is 7.80. The van der Waals surface area contributed by atoms with Crippen LogP contribution in [-0.4, -0.2) is 34.7 Å². The van der Waals surface area contributed by atoms with E-state index in [1.54, 1.807) is 0 Å². The number of nitrogens with one attached hydrogen (secondary N) is 2. The summed E-state index contributed by atoms with van der Waals surface area (Å²) >= 11 is 4.95. The lowest BCUT2D eigenvalue weighted by molar-refractivity contribution is -0.141. The van der Waals surface area contributed by atoms with Crippen molar-refractivity contribution in [3.63, 3.8) is 0 Å². The van der Waals surface area contributed by atoms with Gasteiger partial charge in [0.05, 0.1) is 0 Å². The van der Waals surface area contributed by atoms with Crippen LogP contribution in [0, 0.1) is 0 Å². The predicted octanol–water partition coefficient (Wildman–Crippen LogP) is 2.40. The maximum atomic E-state index is 12.9.